The molecule has 5 nitrogen and oxygen atoms in total. The average molecular weight is 367 g/mol. The van der Waals surface area contributed by atoms with Gasteiger partial charge in [0.15, 0.2) is 0 Å². The van der Waals surface area contributed by atoms with Crippen LogP contribution in [0, 0.1) is 0 Å². The second-order valence-corrected chi connectivity index (χ2v) is 6.98. The molecule has 0 radical (unpaired) electrons. The van der Waals surface area contributed by atoms with Gasteiger partial charge in [-0.2, -0.15) is 5.10 Å². The number of aromatic nitrogens is 2. The Balaban J connectivity index is 1.42. The molecule has 2 N–H and O–H groups in total. The molecule has 0 bridgehead atoms. The predicted octanol–water partition coefficient (Wildman–Crippen LogP) is 3.73. The zero-order valence-corrected chi connectivity index (χ0v) is 15.1. The monoisotopic (exact) mass is 366 g/mol. The topological polar surface area (TPSA) is 61.0 Å². The lowest BCUT2D eigenvalue weighted by molar-refractivity contribution is -0.131. The molecule has 2 aromatic carbocycles. The summed E-state index contributed by atoms with van der Waals surface area (Å²) in [6.45, 7) is 0.480. The smallest absolute Gasteiger partial charge is 0.245 e. The van der Waals surface area contributed by atoms with Gasteiger partial charge in [-0.15, -0.1) is 0 Å². The summed E-state index contributed by atoms with van der Waals surface area (Å²) in [7, 11) is 1.81. The van der Waals surface area contributed by atoms with E-state index in [1.807, 2.05) is 61.6 Å². The van der Waals surface area contributed by atoms with E-state index in [1.54, 1.807) is 4.90 Å². The van der Waals surface area contributed by atoms with E-state index < -0.39 is 0 Å². The van der Waals surface area contributed by atoms with Gasteiger partial charge in [-0.1, -0.05) is 41.9 Å². The molecule has 1 aliphatic rings. The van der Waals surface area contributed by atoms with E-state index in [2.05, 4.69) is 15.5 Å². The molecule has 1 atom stereocenters. The van der Waals surface area contributed by atoms with Crippen LogP contribution in [0.3, 0.4) is 0 Å². The SMILES string of the molecule is CN(Cc1cc(-c2ccccc2)n[nH]1)C(=O)C1Cc2cc(Cl)ccc2N1. The number of hydrogen-bond donors (Lipinski definition) is 2. The molecule has 26 heavy (non-hydrogen) atoms. The highest BCUT2D eigenvalue weighted by molar-refractivity contribution is 6.30. The summed E-state index contributed by atoms with van der Waals surface area (Å²) in [6, 6.07) is 17.4. The fraction of sp³-hybridized carbons (Fsp3) is 0.200. The third-order valence-electron chi connectivity index (χ3n) is 4.60. The van der Waals surface area contributed by atoms with Crippen molar-refractivity contribution in [3.05, 3.63) is 70.9 Å². The van der Waals surface area contributed by atoms with Crippen LogP contribution >= 0.6 is 11.6 Å². The summed E-state index contributed by atoms with van der Waals surface area (Å²) in [4.78, 5) is 14.5. The quantitative estimate of drug-likeness (QED) is 0.739. The van der Waals surface area contributed by atoms with Crippen molar-refractivity contribution >= 4 is 23.2 Å². The van der Waals surface area contributed by atoms with Gasteiger partial charge in [0.1, 0.15) is 6.04 Å². The largest absolute Gasteiger partial charge is 0.373 e. The molecule has 4 rings (SSSR count). The number of nitrogens with one attached hydrogen (secondary N) is 2. The van der Waals surface area contributed by atoms with Gasteiger partial charge < -0.3 is 10.2 Å². The van der Waals surface area contributed by atoms with Crippen LogP contribution in [-0.2, 0) is 17.8 Å². The lowest BCUT2D eigenvalue weighted by atomic mass is 10.1. The van der Waals surface area contributed by atoms with Crippen LogP contribution in [0.25, 0.3) is 11.3 Å². The fourth-order valence-corrected chi connectivity index (χ4v) is 3.47. The normalized spacial score (nSPS) is 15.4. The van der Waals surface area contributed by atoms with E-state index >= 15 is 0 Å². The molecular formula is C20H19ClN4O. The van der Waals surface area contributed by atoms with E-state index in [-0.39, 0.29) is 11.9 Å². The van der Waals surface area contributed by atoms with Crippen LogP contribution in [0.5, 0.6) is 0 Å². The van der Waals surface area contributed by atoms with Crippen LogP contribution in [0.15, 0.2) is 54.6 Å². The second kappa shape index (κ2) is 6.84. The summed E-state index contributed by atoms with van der Waals surface area (Å²) in [5, 5.41) is 11.3. The van der Waals surface area contributed by atoms with E-state index in [0.717, 1.165) is 28.2 Å². The van der Waals surface area contributed by atoms with Gasteiger partial charge in [0.2, 0.25) is 5.91 Å². The highest BCUT2D eigenvalue weighted by Crippen LogP contribution is 2.29. The van der Waals surface area contributed by atoms with Gasteiger partial charge in [0, 0.05) is 29.7 Å². The maximum absolute atomic E-state index is 12.8. The minimum Gasteiger partial charge on any atom is -0.373 e. The molecule has 0 spiro atoms. The Kier molecular flexibility index (Phi) is 4.39. The number of hydrogen-bond acceptors (Lipinski definition) is 3. The van der Waals surface area contributed by atoms with Crippen molar-refractivity contribution in [3.63, 3.8) is 0 Å². The zero-order valence-electron chi connectivity index (χ0n) is 14.4. The van der Waals surface area contributed by atoms with Crippen molar-refractivity contribution in [2.75, 3.05) is 12.4 Å². The van der Waals surface area contributed by atoms with Crippen molar-refractivity contribution in [2.24, 2.45) is 0 Å². The number of rotatable bonds is 4. The molecule has 0 saturated heterocycles. The highest BCUT2D eigenvalue weighted by atomic mass is 35.5. The molecule has 1 aromatic heterocycles. The lowest BCUT2D eigenvalue weighted by Gasteiger charge is -2.20. The van der Waals surface area contributed by atoms with Crippen LogP contribution < -0.4 is 5.32 Å². The van der Waals surface area contributed by atoms with Crippen molar-refractivity contribution in [1.82, 2.24) is 15.1 Å². The van der Waals surface area contributed by atoms with Gasteiger partial charge >= 0.3 is 0 Å². The van der Waals surface area contributed by atoms with E-state index in [1.165, 1.54) is 0 Å². The number of carbonyl (C=O) groups is 1. The van der Waals surface area contributed by atoms with Gasteiger partial charge in [-0.3, -0.25) is 9.89 Å². The molecular weight excluding hydrogens is 348 g/mol. The van der Waals surface area contributed by atoms with Crippen LogP contribution in [-0.4, -0.2) is 34.1 Å². The summed E-state index contributed by atoms with van der Waals surface area (Å²) in [6.07, 6.45) is 0.650. The van der Waals surface area contributed by atoms with Crippen molar-refractivity contribution < 1.29 is 4.79 Å². The number of likely N-dealkylation sites (N-methyl/N-ethyl adjacent to an activating group) is 1. The number of nitrogens with zero attached hydrogens (tertiary/aromatic N) is 2. The molecule has 0 aliphatic carbocycles. The minimum atomic E-state index is -0.259. The Labute approximate surface area is 157 Å². The van der Waals surface area contributed by atoms with Crippen LogP contribution in [0.1, 0.15) is 11.3 Å². The summed E-state index contributed by atoms with van der Waals surface area (Å²) in [5.74, 6) is 0.0492. The number of aromatic amines is 1. The van der Waals surface area contributed by atoms with Crippen molar-refractivity contribution in [1.29, 1.82) is 0 Å². The first-order chi connectivity index (χ1) is 12.6. The van der Waals surface area contributed by atoms with E-state index in [4.69, 9.17) is 11.6 Å². The molecule has 1 aliphatic heterocycles. The maximum atomic E-state index is 12.8. The molecule has 2 heterocycles. The van der Waals surface area contributed by atoms with Gasteiger partial charge in [0.05, 0.1) is 17.9 Å². The van der Waals surface area contributed by atoms with Gasteiger partial charge in [0.25, 0.3) is 0 Å². The summed E-state index contributed by atoms with van der Waals surface area (Å²) < 4.78 is 0. The molecule has 1 amide bonds. The predicted molar refractivity (Wildman–Crippen MR) is 103 cm³/mol. The molecule has 3 aromatic rings. The maximum Gasteiger partial charge on any atom is 0.245 e. The number of benzene rings is 2. The molecule has 0 fully saturated rings. The Hall–Kier alpha value is -2.79. The first-order valence-corrected chi connectivity index (χ1v) is 8.87. The first kappa shape index (κ1) is 16.7. The molecule has 1 unspecified atom stereocenters. The van der Waals surface area contributed by atoms with E-state index in [9.17, 15) is 4.79 Å². The summed E-state index contributed by atoms with van der Waals surface area (Å²) >= 11 is 6.04. The standard InChI is InChI=1S/C20H19ClN4O/c1-25(12-16-11-18(24-23-16)13-5-3-2-4-6-13)20(26)19-10-14-9-15(21)7-8-17(14)22-19/h2-9,11,19,22H,10,12H2,1H3,(H,23,24). The summed E-state index contributed by atoms with van der Waals surface area (Å²) in [5.41, 5.74) is 4.89. The molecule has 0 saturated carbocycles. The molecule has 6 heteroatoms. The van der Waals surface area contributed by atoms with Crippen LogP contribution in [0.4, 0.5) is 5.69 Å². The van der Waals surface area contributed by atoms with Crippen molar-refractivity contribution in [2.45, 2.75) is 19.0 Å². The Morgan fingerprint density at radius 3 is 2.85 bits per heavy atom. The fourth-order valence-electron chi connectivity index (χ4n) is 3.28. The highest BCUT2D eigenvalue weighted by Gasteiger charge is 2.29. The number of halogens is 1. The first-order valence-electron chi connectivity index (χ1n) is 8.50. The van der Waals surface area contributed by atoms with Gasteiger partial charge in [-0.05, 0) is 29.8 Å². The number of carbonyl (C=O) groups excluding carboxylic acids is 1. The Morgan fingerprint density at radius 2 is 2.04 bits per heavy atom. The van der Waals surface area contributed by atoms with E-state index in [0.29, 0.717) is 18.0 Å². The van der Waals surface area contributed by atoms with Gasteiger partial charge in [-0.25, -0.2) is 0 Å². The van der Waals surface area contributed by atoms with Crippen LogP contribution in [0.2, 0.25) is 5.02 Å². The number of fused-ring (bicyclic) bond motifs is 1. The number of anilines is 1. The number of H-pyrrole nitrogens is 1. The zero-order chi connectivity index (χ0) is 18.1. The third-order valence-corrected chi connectivity index (χ3v) is 4.84. The number of amides is 1. The minimum absolute atomic E-state index is 0.0492. The third kappa shape index (κ3) is 3.30. The lowest BCUT2D eigenvalue weighted by Crippen LogP contribution is -2.39. The molecule has 132 valence electrons. The Morgan fingerprint density at radius 1 is 1.23 bits per heavy atom. The van der Waals surface area contributed by atoms with Crippen molar-refractivity contribution in [3.8, 4) is 11.3 Å². The average Bonchev–Trinajstić information content (AvgIpc) is 3.28. The Bertz CT molecular complexity index is 938. The second-order valence-electron chi connectivity index (χ2n) is 6.54.